The Labute approximate surface area is 173 Å². The minimum Gasteiger partial charge on any atom is -0.228 e. The first kappa shape index (κ1) is 21.4. The molecule has 0 aliphatic heterocycles. The summed E-state index contributed by atoms with van der Waals surface area (Å²) in [5.41, 5.74) is 3.44. The van der Waals surface area contributed by atoms with Gasteiger partial charge >= 0.3 is 0 Å². The Morgan fingerprint density at radius 1 is 1.04 bits per heavy atom. The third kappa shape index (κ3) is 5.63. The number of nitrogens with zero attached hydrogens (tertiary/aromatic N) is 2. The molecule has 0 bridgehead atoms. The quantitative estimate of drug-likeness (QED) is 0.589. The largest absolute Gasteiger partial charge is 0.228 e. The molecule has 0 saturated heterocycles. The number of aromatic nitrogens is 2. The van der Waals surface area contributed by atoms with Gasteiger partial charge in [-0.3, -0.25) is 0 Å². The molecule has 6 heteroatoms. The zero-order valence-electron chi connectivity index (χ0n) is 17.2. The van der Waals surface area contributed by atoms with Crippen molar-refractivity contribution in [2.45, 2.75) is 70.5 Å². The Kier molecular flexibility index (Phi) is 6.92. The van der Waals surface area contributed by atoms with Crippen molar-refractivity contribution in [1.29, 1.82) is 0 Å². The Balaban J connectivity index is 1.39. The van der Waals surface area contributed by atoms with Crippen LogP contribution in [-0.2, 0) is 16.3 Å². The average molecular weight is 421 g/mol. The van der Waals surface area contributed by atoms with Crippen LogP contribution in [0.5, 0.6) is 0 Å². The standard InChI is InChI=1S/C22H32N2O2S2/c1-22(2,3)28(25,26)16-19-9-7-17(8-10-19)5-4-6-18-11-13-20(14-12-18)21-15-27-24-23-21/h11-15,17,19H,4-10,16H2,1-3H3. The minimum atomic E-state index is -3.00. The van der Waals surface area contributed by atoms with Crippen molar-refractivity contribution in [3.8, 4) is 11.3 Å². The van der Waals surface area contributed by atoms with Crippen LogP contribution >= 0.6 is 11.5 Å². The molecular weight excluding hydrogens is 388 g/mol. The predicted molar refractivity (Wildman–Crippen MR) is 117 cm³/mol. The summed E-state index contributed by atoms with van der Waals surface area (Å²) in [6, 6.07) is 8.66. The van der Waals surface area contributed by atoms with Gasteiger partial charge in [0.2, 0.25) is 0 Å². The Bertz CT molecular complexity index is 830. The van der Waals surface area contributed by atoms with Crippen LogP contribution in [-0.4, -0.2) is 28.5 Å². The second-order valence-electron chi connectivity index (χ2n) is 9.16. The lowest BCUT2D eigenvalue weighted by atomic mass is 9.80. The third-order valence-corrected chi connectivity index (χ3v) is 9.32. The zero-order valence-corrected chi connectivity index (χ0v) is 18.9. The molecule has 4 nitrogen and oxygen atoms in total. The molecular formula is C22H32N2O2S2. The van der Waals surface area contributed by atoms with Gasteiger partial charge in [-0.05, 0) is 75.4 Å². The summed E-state index contributed by atoms with van der Waals surface area (Å²) in [6.07, 6.45) is 8.05. The molecule has 0 unspecified atom stereocenters. The van der Waals surface area contributed by atoms with E-state index in [1.807, 2.05) is 26.2 Å². The van der Waals surface area contributed by atoms with Gasteiger partial charge < -0.3 is 0 Å². The fraction of sp³-hybridized carbons (Fsp3) is 0.636. The van der Waals surface area contributed by atoms with E-state index in [0.29, 0.717) is 11.7 Å². The van der Waals surface area contributed by atoms with E-state index in [-0.39, 0.29) is 0 Å². The fourth-order valence-corrected chi connectivity index (χ4v) is 5.89. The van der Waals surface area contributed by atoms with Crippen LogP contribution in [0.3, 0.4) is 0 Å². The highest BCUT2D eigenvalue weighted by atomic mass is 32.2. The summed E-state index contributed by atoms with van der Waals surface area (Å²) in [6.45, 7) is 5.44. The Hall–Kier alpha value is -1.27. The number of hydrogen-bond acceptors (Lipinski definition) is 5. The lowest BCUT2D eigenvalue weighted by Gasteiger charge is -2.30. The molecule has 1 aromatic heterocycles. The fourth-order valence-electron chi connectivity index (χ4n) is 3.97. The molecule has 1 fully saturated rings. The van der Waals surface area contributed by atoms with Gasteiger partial charge in [0.25, 0.3) is 0 Å². The van der Waals surface area contributed by atoms with Crippen LogP contribution in [0, 0.1) is 11.8 Å². The molecule has 1 heterocycles. The van der Waals surface area contributed by atoms with E-state index in [1.165, 1.54) is 42.8 Å². The maximum absolute atomic E-state index is 12.4. The Morgan fingerprint density at radius 3 is 2.25 bits per heavy atom. The molecule has 28 heavy (non-hydrogen) atoms. The first-order valence-electron chi connectivity index (χ1n) is 10.3. The molecule has 0 amide bonds. The molecule has 0 atom stereocenters. The number of rotatable bonds is 7. The predicted octanol–water partition coefficient (Wildman–Crippen LogP) is 5.55. The summed E-state index contributed by atoms with van der Waals surface area (Å²) in [4.78, 5) is 0. The van der Waals surface area contributed by atoms with Crippen molar-refractivity contribution in [3.05, 3.63) is 35.2 Å². The van der Waals surface area contributed by atoms with Gasteiger partial charge in [0.1, 0.15) is 5.69 Å². The van der Waals surface area contributed by atoms with Crippen LogP contribution < -0.4 is 0 Å². The van der Waals surface area contributed by atoms with Crippen LogP contribution in [0.4, 0.5) is 0 Å². The maximum atomic E-state index is 12.4. The molecule has 1 saturated carbocycles. The van der Waals surface area contributed by atoms with Crippen LogP contribution in [0.2, 0.25) is 0 Å². The number of sulfone groups is 1. The van der Waals surface area contributed by atoms with E-state index in [9.17, 15) is 8.42 Å². The van der Waals surface area contributed by atoms with E-state index < -0.39 is 14.6 Å². The lowest BCUT2D eigenvalue weighted by Crippen LogP contribution is -2.34. The summed E-state index contributed by atoms with van der Waals surface area (Å²) in [5.74, 6) is 1.48. The molecule has 3 rings (SSSR count). The van der Waals surface area contributed by atoms with Gasteiger partial charge in [-0.2, -0.15) is 0 Å². The minimum absolute atomic E-state index is 0.355. The van der Waals surface area contributed by atoms with Crippen molar-refractivity contribution in [1.82, 2.24) is 9.59 Å². The highest BCUT2D eigenvalue weighted by Crippen LogP contribution is 2.34. The summed E-state index contributed by atoms with van der Waals surface area (Å²) in [7, 11) is -3.00. The Morgan fingerprint density at radius 2 is 1.68 bits per heavy atom. The van der Waals surface area contributed by atoms with E-state index in [2.05, 4.69) is 33.9 Å². The summed E-state index contributed by atoms with van der Waals surface area (Å²) in [5, 5.41) is 6.08. The van der Waals surface area contributed by atoms with E-state index in [1.54, 1.807) is 0 Å². The smallest absolute Gasteiger partial charge is 0.155 e. The van der Waals surface area contributed by atoms with E-state index in [4.69, 9.17) is 0 Å². The molecule has 0 radical (unpaired) electrons. The summed E-state index contributed by atoms with van der Waals surface area (Å²) >= 11 is 1.38. The molecule has 1 aromatic carbocycles. The molecule has 1 aliphatic carbocycles. The highest BCUT2D eigenvalue weighted by Gasteiger charge is 2.33. The molecule has 0 spiro atoms. The van der Waals surface area contributed by atoms with Gasteiger partial charge in [0.05, 0.1) is 10.5 Å². The van der Waals surface area contributed by atoms with Crippen molar-refractivity contribution in [2.75, 3.05) is 5.75 Å². The average Bonchev–Trinajstić information content (AvgIpc) is 3.17. The second kappa shape index (κ2) is 9.04. The van der Waals surface area contributed by atoms with Crippen LogP contribution in [0.25, 0.3) is 11.3 Å². The van der Waals surface area contributed by atoms with Crippen molar-refractivity contribution in [3.63, 3.8) is 0 Å². The second-order valence-corrected chi connectivity index (χ2v) is 12.6. The lowest BCUT2D eigenvalue weighted by molar-refractivity contribution is 0.274. The zero-order chi connectivity index (χ0) is 20.2. The number of aryl methyl sites for hydroxylation is 1. The van der Waals surface area contributed by atoms with Crippen molar-refractivity contribution >= 4 is 21.4 Å². The molecule has 0 N–H and O–H groups in total. The van der Waals surface area contributed by atoms with Crippen molar-refractivity contribution < 1.29 is 8.42 Å². The highest BCUT2D eigenvalue weighted by molar-refractivity contribution is 7.92. The molecule has 154 valence electrons. The molecule has 2 aromatic rings. The number of benzene rings is 1. The first-order chi connectivity index (χ1) is 13.2. The number of hydrogen-bond donors (Lipinski definition) is 0. The normalized spacial score (nSPS) is 21.0. The van der Waals surface area contributed by atoms with Crippen LogP contribution in [0.1, 0.15) is 64.9 Å². The van der Waals surface area contributed by atoms with Gasteiger partial charge in [-0.25, -0.2) is 8.42 Å². The first-order valence-corrected chi connectivity index (χ1v) is 12.8. The van der Waals surface area contributed by atoms with Crippen LogP contribution in [0.15, 0.2) is 29.6 Å². The van der Waals surface area contributed by atoms with Crippen molar-refractivity contribution in [2.24, 2.45) is 11.8 Å². The monoisotopic (exact) mass is 420 g/mol. The van der Waals surface area contributed by atoms with Gasteiger partial charge in [-0.15, -0.1) is 5.10 Å². The third-order valence-electron chi connectivity index (χ3n) is 6.04. The summed E-state index contributed by atoms with van der Waals surface area (Å²) < 4.78 is 28.1. The topological polar surface area (TPSA) is 59.9 Å². The van der Waals surface area contributed by atoms with Gasteiger partial charge in [0.15, 0.2) is 9.84 Å². The van der Waals surface area contributed by atoms with Gasteiger partial charge in [-0.1, -0.05) is 48.0 Å². The molecule has 1 aliphatic rings. The van der Waals surface area contributed by atoms with E-state index in [0.717, 1.165) is 36.4 Å². The maximum Gasteiger partial charge on any atom is 0.155 e. The van der Waals surface area contributed by atoms with Gasteiger partial charge in [0, 0.05) is 10.9 Å². The SMILES string of the molecule is CC(C)(C)S(=O)(=O)CC1CCC(CCCc2ccc(-c3csnn3)cc2)CC1. The van der Waals surface area contributed by atoms with E-state index >= 15 is 0 Å².